The zero-order chi connectivity index (χ0) is 13.0. The van der Waals surface area contributed by atoms with E-state index in [0.717, 1.165) is 5.69 Å². The Bertz CT molecular complexity index is 538. The van der Waals surface area contributed by atoms with Crippen LogP contribution in [0.4, 0.5) is 4.39 Å². The summed E-state index contributed by atoms with van der Waals surface area (Å²) in [5, 5.41) is 6.70. The van der Waals surface area contributed by atoms with E-state index in [0.29, 0.717) is 11.3 Å². The largest absolute Gasteiger partial charge is 0.349 e. The smallest absolute Gasteiger partial charge is 0.254 e. The number of pyridine rings is 1. The zero-order valence-corrected chi connectivity index (χ0v) is 9.93. The van der Waals surface area contributed by atoms with E-state index in [9.17, 15) is 9.18 Å². The summed E-state index contributed by atoms with van der Waals surface area (Å²) in [6.45, 7) is 1.16. The molecule has 0 aliphatic carbocycles. The Kier molecular flexibility index (Phi) is 3.66. The van der Waals surface area contributed by atoms with E-state index in [-0.39, 0.29) is 12.5 Å². The van der Waals surface area contributed by atoms with Crippen LogP contribution in [0.3, 0.4) is 0 Å². The number of carbonyl (C=O) groups excluding carboxylic acids is 1. The molecule has 0 aliphatic rings. The van der Waals surface area contributed by atoms with Crippen molar-refractivity contribution in [2.24, 2.45) is 0 Å². The second kappa shape index (κ2) is 5.39. The Balaban J connectivity index is 2.25. The summed E-state index contributed by atoms with van der Waals surface area (Å²) in [5.74, 6) is -0.319. The number of hydrogen-bond acceptors (Lipinski definition) is 3. The summed E-state index contributed by atoms with van der Waals surface area (Å²) in [6, 6.07) is 3.62. The van der Waals surface area contributed by atoms with Crippen LogP contribution in [-0.2, 0) is 0 Å². The maximum atomic E-state index is 12.0. The highest BCUT2D eigenvalue weighted by molar-refractivity contribution is 5.95. The van der Waals surface area contributed by atoms with Crippen LogP contribution in [0.25, 0.3) is 5.69 Å². The van der Waals surface area contributed by atoms with E-state index in [2.05, 4.69) is 15.4 Å². The fourth-order valence-corrected chi connectivity index (χ4v) is 1.56. The van der Waals surface area contributed by atoms with Crippen molar-refractivity contribution in [3.05, 3.63) is 42.0 Å². The lowest BCUT2D eigenvalue weighted by Crippen LogP contribution is -2.25. The fourth-order valence-electron chi connectivity index (χ4n) is 1.56. The van der Waals surface area contributed by atoms with Crippen LogP contribution >= 0.6 is 0 Å². The highest BCUT2D eigenvalue weighted by atomic mass is 19.1. The molecule has 1 N–H and O–H groups in total. The number of rotatable bonds is 4. The van der Waals surface area contributed by atoms with E-state index < -0.39 is 6.67 Å². The average Bonchev–Trinajstić information content (AvgIpc) is 2.79. The first-order chi connectivity index (χ1) is 8.72. The van der Waals surface area contributed by atoms with Gasteiger partial charge in [0, 0.05) is 18.9 Å². The number of carbonyl (C=O) groups is 1. The summed E-state index contributed by atoms with van der Waals surface area (Å²) in [6.07, 6.45) is 4.92. The number of nitrogens with one attached hydrogen (secondary N) is 1. The number of halogens is 1. The third-order valence-corrected chi connectivity index (χ3v) is 2.43. The number of nitrogens with zero attached hydrogens (tertiary/aromatic N) is 3. The van der Waals surface area contributed by atoms with Gasteiger partial charge in [0.25, 0.3) is 5.91 Å². The molecule has 5 nitrogen and oxygen atoms in total. The van der Waals surface area contributed by atoms with Gasteiger partial charge in [-0.05, 0) is 19.1 Å². The molecule has 0 fully saturated rings. The Morgan fingerprint density at radius 1 is 1.56 bits per heavy atom. The van der Waals surface area contributed by atoms with Gasteiger partial charge in [-0.25, -0.2) is 9.07 Å². The average molecular weight is 248 g/mol. The molecule has 2 aromatic rings. The van der Waals surface area contributed by atoms with Crippen molar-refractivity contribution >= 4 is 5.91 Å². The second-order valence-corrected chi connectivity index (χ2v) is 3.73. The monoisotopic (exact) mass is 248 g/mol. The molecule has 0 saturated heterocycles. The van der Waals surface area contributed by atoms with Gasteiger partial charge in [-0.2, -0.15) is 5.10 Å². The van der Waals surface area contributed by atoms with Crippen molar-refractivity contribution in [2.45, 2.75) is 6.92 Å². The summed E-state index contributed by atoms with van der Waals surface area (Å²) in [5.41, 5.74) is 1.80. The zero-order valence-electron chi connectivity index (χ0n) is 9.93. The standard InChI is InChI=1S/C12H13FN4O/c1-9-11(12(18)15-6-4-13)8-17(16-9)10-3-2-5-14-7-10/h2-3,5,7-8H,4,6H2,1H3,(H,15,18). The first kappa shape index (κ1) is 12.2. The SMILES string of the molecule is Cc1nn(-c2cccnc2)cc1C(=O)NCCF. The molecule has 0 spiro atoms. The van der Waals surface area contributed by atoms with Gasteiger partial charge < -0.3 is 5.32 Å². The minimum absolute atomic E-state index is 0.0103. The van der Waals surface area contributed by atoms with Gasteiger partial charge in [0.15, 0.2) is 0 Å². The number of aryl methyl sites for hydroxylation is 1. The topological polar surface area (TPSA) is 59.8 Å². The van der Waals surface area contributed by atoms with Crippen LogP contribution in [0.2, 0.25) is 0 Å². The minimum Gasteiger partial charge on any atom is -0.349 e. The molecule has 0 atom stereocenters. The van der Waals surface area contributed by atoms with Crippen LogP contribution in [0.5, 0.6) is 0 Å². The second-order valence-electron chi connectivity index (χ2n) is 3.73. The lowest BCUT2D eigenvalue weighted by atomic mass is 10.2. The summed E-state index contributed by atoms with van der Waals surface area (Å²) < 4.78 is 13.6. The van der Waals surface area contributed by atoms with Crippen molar-refractivity contribution < 1.29 is 9.18 Å². The third-order valence-electron chi connectivity index (χ3n) is 2.43. The summed E-state index contributed by atoms with van der Waals surface area (Å²) in [4.78, 5) is 15.7. The Labute approximate surface area is 104 Å². The minimum atomic E-state index is -0.582. The molecule has 1 amide bonds. The normalized spacial score (nSPS) is 10.3. The molecule has 0 bridgehead atoms. The molecule has 94 valence electrons. The van der Waals surface area contributed by atoms with E-state index in [4.69, 9.17) is 0 Å². The molecule has 0 aliphatic heterocycles. The van der Waals surface area contributed by atoms with Crippen molar-refractivity contribution in [2.75, 3.05) is 13.2 Å². The van der Waals surface area contributed by atoms with Crippen LogP contribution < -0.4 is 5.32 Å². The van der Waals surface area contributed by atoms with Crippen LogP contribution in [-0.4, -0.2) is 33.9 Å². The van der Waals surface area contributed by atoms with Crippen LogP contribution in [0.15, 0.2) is 30.7 Å². The van der Waals surface area contributed by atoms with Crippen LogP contribution in [0, 0.1) is 6.92 Å². The predicted molar refractivity (Wildman–Crippen MR) is 64.4 cm³/mol. The van der Waals surface area contributed by atoms with Crippen molar-refractivity contribution in [3.8, 4) is 5.69 Å². The fraction of sp³-hybridized carbons (Fsp3) is 0.250. The van der Waals surface area contributed by atoms with Gasteiger partial charge in [-0.3, -0.25) is 9.78 Å². The molecule has 0 aromatic carbocycles. The molecule has 0 saturated carbocycles. The Morgan fingerprint density at radius 2 is 2.39 bits per heavy atom. The lowest BCUT2D eigenvalue weighted by Gasteiger charge is -2.00. The van der Waals surface area contributed by atoms with Gasteiger partial charge >= 0.3 is 0 Å². The molecule has 2 rings (SSSR count). The predicted octanol–water partition coefficient (Wildman–Crippen LogP) is 1.28. The quantitative estimate of drug-likeness (QED) is 0.886. The summed E-state index contributed by atoms with van der Waals surface area (Å²) in [7, 11) is 0. The molecule has 18 heavy (non-hydrogen) atoms. The number of amides is 1. The van der Waals surface area contributed by atoms with E-state index in [1.54, 1.807) is 36.3 Å². The van der Waals surface area contributed by atoms with Crippen molar-refractivity contribution in [1.29, 1.82) is 0 Å². The van der Waals surface area contributed by atoms with Gasteiger partial charge in [0.05, 0.1) is 23.1 Å². The number of hydrogen-bond donors (Lipinski definition) is 1. The van der Waals surface area contributed by atoms with E-state index in [1.165, 1.54) is 0 Å². The first-order valence-electron chi connectivity index (χ1n) is 5.53. The van der Waals surface area contributed by atoms with Gasteiger partial charge in [0.2, 0.25) is 0 Å². The molecule has 0 unspecified atom stereocenters. The van der Waals surface area contributed by atoms with Crippen molar-refractivity contribution in [3.63, 3.8) is 0 Å². The van der Waals surface area contributed by atoms with E-state index in [1.807, 2.05) is 6.07 Å². The molecular formula is C12H13FN4O. The van der Waals surface area contributed by atoms with Gasteiger partial charge in [0.1, 0.15) is 6.67 Å². The third kappa shape index (κ3) is 2.53. The molecule has 2 aromatic heterocycles. The number of aromatic nitrogens is 3. The highest BCUT2D eigenvalue weighted by Crippen LogP contribution is 2.10. The van der Waals surface area contributed by atoms with Crippen molar-refractivity contribution in [1.82, 2.24) is 20.1 Å². The van der Waals surface area contributed by atoms with Crippen LogP contribution in [0.1, 0.15) is 16.1 Å². The van der Waals surface area contributed by atoms with Gasteiger partial charge in [-0.15, -0.1) is 0 Å². The maximum absolute atomic E-state index is 12.0. The number of alkyl halides is 1. The molecule has 0 radical (unpaired) electrons. The van der Waals surface area contributed by atoms with Gasteiger partial charge in [-0.1, -0.05) is 0 Å². The molecule has 6 heteroatoms. The Hall–Kier alpha value is -2.24. The first-order valence-corrected chi connectivity index (χ1v) is 5.53. The van der Waals surface area contributed by atoms with E-state index >= 15 is 0 Å². The highest BCUT2D eigenvalue weighted by Gasteiger charge is 2.13. The molecule has 2 heterocycles. The molecular weight excluding hydrogens is 235 g/mol. The summed E-state index contributed by atoms with van der Waals surface area (Å²) >= 11 is 0. The maximum Gasteiger partial charge on any atom is 0.254 e. The lowest BCUT2D eigenvalue weighted by molar-refractivity contribution is 0.0950. The Morgan fingerprint density at radius 3 is 3.06 bits per heavy atom.